The number of carbonyl (C=O) groups excluding carboxylic acids is 1. The van der Waals surface area contributed by atoms with Crippen LogP contribution < -0.4 is 4.72 Å². The van der Waals surface area contributed by atoms with Crippen LogP contribution in [-0.4, -0.2) is 14.3 Å². The standard InChI is InChI=1S/C12H14BrNO3S/c1-8-6-11(8)12(15)14-18(16,17)7-9-2-4-10(13)5-3-9/h2-5,8,11H,6-7H2,1H3,(H,14,15). The molecule has 0 radical (unpaired) electrons. The van der Waals surface area contributed by atoms with Gasteiger partial charge in [0, 0.05) is 10.4 Å². The third kappa shape index (κ3) is 3.55. The van der Waals surface area contributed by atoms with Crippen molar-refractivity contribution in [3.63, 3.8) is 0 Å². The Balaban J connectivity index is 1.99. The van der Waals surface area contributed by atoms with Gasteiger partial charge < -0.3 is 0 Å². The van der Waals surface area contributed by atoms with Crippen molar-refractivity contribution in [1.29, 1.82) is 0 Å². The highest BCUT2D eigenvalue weighted by Gasteiger charge is 2.40. The fourth-order valence-corrected chi connectivity index (χ4v) is 3.18. The van der Waals surface area contributed by atoms with Crippen LogP contribution in [0.5, 0.6) is 0 Å². The largest absolute Gasteiger partial charge is 0.274 e. The Morgan fingerprint density at radius 3 is 2.44 bits per heavy atom. The van der Waals surface area contributed by atoms with E-state index in [-0.39, 0.29) is 17.6 Å². The van der Waals surface area contributed by atoms with Crippen molar-refractivity contribution in [1.82, 2.24) is 4.72 Å². The van der Waals surface area contributed by atoms with Crippen molar-refractivity contribution in [2.24, 2.45) is 11.8 Å². The van der Waals surface area contributed by atoms with E-state index in [9.17, 15) is 13.2 Å². The molecule has 1 aromatic carbocycles. The molecule has 6 heteroatoms. The van der Waals surface area contributed by atoms with Crippen molar-refractivity contribution in [3.8, 4) is 0 Å². The number of sulfonamides is 1. The summed E-state index contributed by atoms with van der Waals surface area (Å²) in [4.78, 5) is 11.6. The summed E-state index contributed by atoms with van der Waals surface area (Å²) in [6.45, 7) is 1.94. The molecule has 0 saturated heterocycles. The second-order valence-corrected chi connectivity index (χ2v) is 7.31. The Morgan fingerprint density at radius 1 is 1.39 bits per heavy atom. The minimum atomic E-state index is -3.59. The van der Waals surface area contributed by atoms with E-state index < -0.39 is 10.0 Å². The van der Waals surface area contributed by atoms with Crippen molar-refractivity contribution in [2.45, 2.75) is 19.1 Å². The predicted octanol–water partition coefficient (Wildman–Crippen LogP) is 2.05. The number of hydrogen-bond acceptors (Lipinski definition) is 3. The Bertz CT molecular complexity index is 553. The summed E-state index contributed by atoms with van der Waals surface area (Å²) in [5.41, 5.74) is 0.655. The van der Waals surface area contributed by atoms with E-state index in [4.69, 9.17) is 0 Å². The first-order valence-corrected chi connectivity index (χ1v) is 8.11. The first-order chi connectivity index (χ1) is 8.37. The van der Waals surface area contributed by atoms with E-state index in [0.717, 1.165) is 10.9 Å². The molecule has 4 nitrogen and oxygen atoms in total. The zero-order valence-electron chi connectivity index (χ0n) is 9.89. The molecule has 1 aliphatic carbocycles. The summed E-state index contributed by atoms with van der Waals surface area (Å²) in [7, 11) is -3.59. The molecule has 1 aromatic rings. The predicted molar refractivity (Wildman–Crippen MR) is 72.2 cm³/mol. The monoisotopic (exact) mass is 331 g/mol. The molecule has 0 heterocycles. The molecule has 1 N–H and O–H groups in total. The molecular weight excluding hydrogens is 318 g/mol. The zero-order valence-corrected chi connectivity index (χ0v) is 12.3. The first-order valence-electron chi connectivity index (χ1n) is 5.66. The van der Waals surface area contributed by atoms with Crippen molar-refractivity contribution < 1.29 is 13.2 Å². The second-order valence-electron chi connectivity index (χ2n) is 4.67. The van der Waals surface area contributed by atoms with Gasteiger partial charge in [-0.05, 0) is 30.0 Å². The number of hydrogen-bond donors (Lipinski definition) is 1. The van der Waals surface area contributed by atoms with Crippen molar-refractivity contribution in [3.05, 3.63) is 34.3 Å². The first kappa shape index (κ1) is 13.5. The fourth-order valence-electron chi connectivity index (χ4n) is 1.75. The Labute approximate surface area is 115 Å². The van der Waals surface area contributed by atoms with E-state index in [0.29, 0.717) is 11.5 Å². The topological polar surface area (TPSA) is 63.2 Å². The second kappa shape index (κ2) is 5.01. The van der Waals surface area contributed by atoms with Gasteiger partial charge >= 0.3 is 0 Å². The maximum absolute atomic E-state index is 11.8. The summed E-state index contributed by atoms with van der Waals surface area (Å²) in [6.07, 6.45) is 0.777. The van der Waals surface area contributed by atoms with Crippen LogP contribution in [0.4, 0.5) is 0 Å². The average molecular weight is 332 g/mol. The third-order valence-corrected chi connectivity index (χ3v) is 4.73. The maximum Gasteiger partial charge on any atom is 0.239 e. The Morgan fingerprint density at radius 2 is 1.94 bits per heavy atom. The van der Waals surface area contributed by atoms with Gasteiger partial charge in [-0.3, -0.25) is 9.52 Å². The lowest BCUT2D eigenvalue weighted by Gasteiger charge is -2.06. The van der Waals surface area contributed by atoms with Gasteiger partial charge in [0.15, 0.2) is 0 Å². The van der Waals surface area contributed by atoms with Gasteiger partial charge in [0.2, 0.25) is 15.9 Å². The van der Waals surface area contributed by atoms with Crippen LogP contribution in [0.2, 0.25) is 0 Å². The lowest BCUT2D eigenvalue weighted by Crippen LogP contribution is -2.33. The van der Waals surface area contributed by atoms with Gasteiger partial charge in [-0.15, -0.1) is 0 Å². The molecule has 2 atom stereocenters. The molecule has 0 spiro atoms. The molecule has 1 saturated carbocycles. The van der Waals surface area contributed by atoms with Gasteiger partial charge in [-0.1, -0.05) is 35.0 Å². The van der Waals surface area contributed by atoms with E-state index in [1.54, 1.807) is 24.3 Å². The van der Waals surface area contributed by atoms with E-state index in [2.05, 4.69) is 20.7 Å². The smallest absolute Gasteiger partial charge is 0.239 e. The molecule has 98 valence electrons. The highest BCUT2D eigenvalue weighted by molar-refractivity contribution is 9.10. The Kier molecular flexibility index (Phi) is 3.77. The van der Waals surface area contributed by atoms with Gasteiger partial charge in [-0.25, -0.2) is 8.42 Å². The molecule has 2 rings (SSSR count). The molecule has 1 fully saturated rings. The molecular formula is C12H14BrNO3S. The van der Waals surface area contributed by atoms with Crippen LogP contribution in [0.1, 0.15) is 18.9 Å². The summed E-state index contributed by atoms with van der Waals surface area (Å²) >= 11 is 3.28. The van der Waals surface area contributed by atoms with Crippen molar-refractivity contribution in [2.75, 3.05) is 0 Å². The minimum absolute atomic E-state index is 0.135. The SMILES string of the molecule is CC1CC1C(=O)NS(=O)(=O)Cc1ccc(Br)cc1. The minimum Gasteiger partial charge on any atom is -0.274 e. The highest BCUT2D eigenvalue weighted by Crippen LogP contribution is 2.37. The number of carbonyl (C=O) groups is 1. The number of halogens is 1. The van der Waals surface area contributed by atoms with Gasteiger partial charge in [0.1, 0.15) is 0 Å². The van der Waals surface area contributed by atoms with Crippen LogP contribution in [-0.2, 0) is 20.6 Å². The van der Waals surface area contributed by atoms with E-state index >= 15 is 0 Å². The molecule has 0 aromatic heterocycles. The Hall–Kier alpha value is -0.880. The molecule has 2 unspecified atom stereocenters. The lowest BCUT2D eigenvalue weighted by molar-refractivity contribution is -0.120. The average Bonchev–Trinajstić information content (AvgIpc) is 2.98. The summed E-state index contributed by atoms with van der Waals surface area (Å²) in [5, 5.41) is 0. The molecule has 1 aliphatic rings. The third-order valence-electron chi connectivity index (χ3n) is 2.97. The highest BCUT2D eigenvalue weighted by atomic mass is 79.9. The summed E-state index contributed by atoms with van der Waals surface area (Å²) < 4.78 is 26.6. The van der Waals surface area contributed by atoms with Crippen LogP contribution in [0.25, 0.3) is 0 Å². The van der Waals surface area contributed by atoms with Crippen molar-refractivity contribution >= 4 is 31.9 Å². The number of rotatable bonds is 4. The van der Waals surface area contributed by atoms with E-state index in [1.165, 1.54) is 0 Å². The normalized spacial score (nSPS) is 22.6. The van der Waals surface area contributed by atoms with Crippen LogP contribution in [0.15, 0.2) is 28.7 Å². The number of nitrogens with one attached hydrogen (secondary N) is 1. The maximum atomic E-state index is 11.8. The molecule has 0 bridgehead atoms. The number of amides is 1. The quantitative estimate of drug-likeness (QED) is 0.918. The lowest BCUT2D eigenvalue weighted by atomic mass is 10.2. The van der Waals surface area contributed by atoms with Gasteiger partial charge in [0.05, 0.1) is 5.75 Å². The van der Waals surface area contributed by atoms with E-state index in [1.807, 2.05) is 6.92 Å². The zero-order chi connectivity index (χ0) is 13.3. The molecule has 0 aliphatic heterocycles. The van der Waals surface area contributed by atoms with Gasteiger partial charge in [-0.2, -0.15) is 0 Å². The van der Waals surface area contributed by atoms with Crippen LogP contribution >= 0.6 is 15.9 Å². The van der Waals surface area contributed by atoms with Crippen LogP contribution in [0, 0.1) is 11.8 Å². The summed E-state index contributed by atoms with van der Waals surface area (Å²) in [6, 6.07) is 6.98. The van der Waals surface area contributed by atoms with Gasteiger partial charge in [0.25, 0.3) is 0 Å². The summed E-state index contributed by atoms with van der Waals surface area (Å²) in [5.74, 6) is -0.384. The van der Waals surface area contributed by atoms with Crippen LogP contribution in [0.3, 0.4) is 0 Å². The fraction of sp³-hybridized carbons (Fsp3) is 0.417. The molecule has 1 amide bonds. The molecule has 18 heavy (non-hydrogen) atoms. The number of benzene rings is 1.